The quantitative estimate of drug-likeness (QED) is 0.0505. The van der Waals surface area contributed by atoms with E-state index in [1.54, 1.807) is 61.4 Å². The molecule has 6 amide bonds. The van der Waals surface area contributed by atoms with E-state index < -0.39 is 48.6 Å². The molecule has 2 fully saturated rings. The van der Waals surface area contributed by atoms with Crippen molar-refractivity contribution < 1.29 is 47.7 Å². The Kier molecular flexibility index (Phi) is 26.2. The normalized spacial score (nSPS) is 16.8. The van der Waals surface area contributed by atoms with Crippen molar-refractivity contribution in [3.63, 3.8) is 0 Å². The van der Waals surface area contributed by atoms with Crippen molar-refractivity contribution in [2.24, 2.45) is 0 Å². The maximum absolute atomic E-state index is 14.6. The van der Waals surface area contributed by atoms with Gasteiger partial charge in [0.05, 0.1) is 24.3 Å². The minimum absolute atomic E-state index is 0.110. The number of carbonyl (C=O) groups is 6. The van der Waals surface area contributed by atoms with Crippen LogP contribution in [0.25, 0.3) is 0 Å². The zero-order valence-electron chi connectivity index (χ0n) is 48.4. The molecule has 438 valence electrons. The molecule has 2 aliphatic heterocycles. The van der Waals surface area contributed by atoms with Gasteiger partial charge in [0.25, 0.3) is 0 Å². The fourth-order valence-electron chi connectivity index (χ4n) is 9.73. The molecular formula is C64H82N8O10. The van der Waals surface area contributed by atoms with Crippen LogP contribution in [-0.2, 0) is 64.2 Å². The fourth-order valence-corrected chi connectivity index (χ4v) is 9.73. The molecule has 18 nitrogen and oxygen atoms in total. The highest BCUT2D eigenvalue weighted by atomic mass is 16.6. The Bertz CT molecular complexity index is 2580. The molecule has 2 heterocycles. The molecule has 8 atom stereocenters. The van der Waals surface area contributed by atoms with Crippen LogP contribution in [0.1, 0.15) is 75.6 Å². The summed E-state index contributed by atoms with van der Waals surface area (Å²) < 4.78 is 23.8. The van der Waals surface area contributed by atoms with Crippen LogP contribution in [0.3, 0.4) is 0 Å². The smallest absolute Gasteiger partial charge is 0.410 e. The first-order chi connectivity index (χ1) is 39.8. The number of likely N-dealkylation sites (N-methyl/N-ethyl adjacent to an activating group) is 2. The number of rotatable bonds is 28. The summed E-state index contributed by atoms with van der Waals surface area (Å²) in [5.41, 5.74) is 3.85. The molecule has 6 rings (SSSR count). The molecule has 0 bridgehead atoms. The third-order valence-electron chi connectivity index (χ3n) is 14.9. The molecule has 0 aromatic heterocycles. The van der Waals surface area contributed by atoms with Gasteiger partial charge in [-0.05, 0) is 114 Å². The van der Waals surface area contributed by atoms with Crippen LogP contribution in [0.2, 0.25) is 0 Å². The zero-order valence-corrected chi connectivity index (χ0v) is 48.4. The van der Waals surface area contributed by atoms with Gasteiger partial charge in [0.2, 0.25) is 23.6 Å². The lowest BCUT2D eigenvalue weighted by atomic mass is 10.1. The van der Waals surface area contributed by atoms with Gasteiger partial charge in [0.15, 0.2) is 0 Å². The largest absolute Gasteiger partial charge is 0.445 e. The van der Waals surface area contributed by atoms with Crippen LogP contribution >= 0.6 is 0 Å². The summed E-state index contributed by atoms with van der Waals surface area (Å²) >= 11 is 0. The number of likely N-dealkylation sites (tertiary alicyclic amines) is 2. The highest BCUT2D eigenvalue weighted by molar-refractivity contribution is 5.91. The van der Waals surface area contributed by atoms with Crippen LogP contribution in [0.5, 0.6) is 0 Å². The zero-order chi connectivity index (χ0) is 58.6. The molecule has 0 unspecified atom stereocenters. The van der Waals surface area contributed by atoms with E-state index in [9.17, 15) is 28.8 Å². The number of carbonyl (C=O) groups excluding carboxylic acids is 6. The van der Waals surface area contributed by atoms with E-state index in [2.05, 4.69) is 44.9 Å². The van der Waals surface area contributed by atoms with Crippen molar-refractivity contribution in [2.45, 2.75) is 128 Å². The average Bonchev–Trinajstić information content (AvgIpc) is 4.19. The first kappa shape index (κ1) is 63.4. The summed E-state index contributed by atoms with van der Waals surface area (Å²) in [6.07, 6.45) is 1.34. The molecule has 0 spiro atoms. The second-order valence-electron chi connectivity index (χ2n) is 20.7. The average molecular weight is 1120 g/mol. The summed E-state index contributed by atoms with van der Waals surface area (Å²) in [5.74, 6) is 9.82. The van der Waals surface area contributed by atoms with E-state index in [1.165, 1.54) is 0 Å². The molecule has 0 radical (unpaired) electrons. The van der Waals surface area contributed by atoms with E-state index in [0.29, 0.717) is 64.7 Å². The number of benzene rings is 4. The van der Waals surface area contributed by atoms with Crippen molar-refractivity contribution in [2.75, 3.05) is 66.6 Å². The van der Waals surface area contributed by atoms with E-state index in [-0.39, 0.29) is 75.2 Å². The van der Waals surface area contributed by atoms with Crippen molar-refractivity contribution in [3.05, 3.63) is 144 Å². The van der Waals surface area contributed by atoms with Crippen molar-refractivity contribution in [1.82, 2.24) is 40.9 Å². The number of hydrogen-bond acceptors (Lipinski definition) is 12. The SMILES string of the molecule is CN[C@@H](C)C(=O)N[C@H](C(=O)N1CCC[C@H]1CN(CCc1ccccc1)C(=O)OCc1ccccc1)[C@H](C)OCC#CC#CCO[C@H](C)[C@H](NC(=O)[C@@H](C)NC)C(=O)N1CCC[C@H]1CN(CCc1ccccc1)C(=O)OCc1ccccc1. The van der Waals surface area contributed by atoms with Gasteiger partial charge >= 0.3 is 12.2 Å². The Morgan fingerprint density at radius 1 is 0.524 bits per heavy atom. The molecule has 18 heteroatoms. The predicted molar refractivity (Wildman–Crippen MR) is 313 cm³/mol. The minimum Gasteiger partial charge on any atom is -0.445 e. The molecule has 4 aromatic rings. The highest BCUT2D eigenvalue weighted by Crippen LogP contribution is 2.24. The number of nitrogens with one attached hydrogen (secondary N) is 4. The molecule has 2 saturated heterocycles. The summed E-state index contributed by atoms with van der Waals surface area (Å²) in [7, 11) is 3.32. The van der Waals surface area contributed by atoms with Crippen LogP contribution in [-0.4, -0.2) is 170 Å². The lowest BCUT2D eigenvalue weighted by Crippen LogP contribution is -2.58. The van der Waals surface area contributed by atoms with Gasteiger partial charge in [0, 0.05) is 51.4 Å². The Morgan fingerprint density at radius 3 is 1.21 bits per heavy atom. The Labute approximate surface area is 484 Å². The van der Waals surface area contributed by atoms with Crippen LogP contribution in [0, 0.1) is 23.7 Å². The van der Waals surface area contributed by atoms with Crippen LogP contribution in [0.4, 0.5) is 9.59 Å². The molecule has 4 aromatic carbocycles. The monoisotopic (exact) mass is 1120 g/mol. The van der Waals surface area contributed by atoms with Crippen molar-refractivity contribution in [3.8, 4) is 23.7 Å². The maximum Gasteiger partial charge on any atom is 0.410 e. The van der Waals surface area contributed by atoms with Gasteiger partial charge in [-0.25, -0.2) is 9.59 Å². The summed E-state index contributed by atoms with van der Waals surface area (Å²) in [6.45, 7) is 8.90. The minimum atomic E-state index is -1.07. The second kappa shape index (κ2) is 33.9. The van der Waals surface area contributed by atoms with Crippen molar-refractivity contribution >= 4 is 35.8 Å². The molecule has 2 aliphatic rings. The lowest BCUT2D eigenvalue weighted by Gasteiger charge is -2.34. The summed E-state index contributed by atoms with van der Waals surface area (Å²) in [5, 5.41) is 11.7. The number of hydrogen-bond donors (Lipinski definition) is 4. The van der Waals surface area contributed by atoms with Gasteiger partial charge in [-0.2, -0.15) is 0 Å². The molecule has 0 aliphatic carbocycles. The van der Waals surface area contributed by atoms with Crippen LogP contribution in [0.15, 0.2) is 121 Å². The third-order valence-corrected chi connectivity index (χ3v) is 14.9. The summed E-state index contributed by atoms with van der Waals surface area (Å²) in [6, 6.07) is 34.7. The van der Waals surface area contributed by atoms with Gasteiger partial charge in [-0.15, -0.1) is 0 Å². The Hall–Kier alpha value is -7.74. The number of amides is 6. The Balaban J connectivity index is 1.07. The fraction of sp³-hybridized carbons (Fsp3) is 0.469. The number of ether oxygens (including phenoxy) is 4. The molecule has 82 heavy (non-hydrogen) atoms. The summed E-state index contributed by atoms with van der Waals surface area (Å²) in [4.78, 5) is 90.0. The highest BCUT2D eigenvalue weighted by Gasteiger charge is 2.40. The van der Waals surface area contributed by atoms with Crippen molar-refractivity contribution in [1.29, 1.82) is 0 Å². The standard InChI is InChI=1S/C64H82N8O10/c1-47(65-5)59(73)67-57(61(75)71-37-23-33-55(71)43-69(39-35-51-25-13-9-14-26-51)63(77)81-45-53-29-17-11-18-30-53)49(3)79-41-21-7-8-22-42-80-50(4)58(68-60(74)48(2)66-6)62(76)72-38-24-34-56(72)44-70(40-36-52-27-15-10-16-28-52)64(78)82-46-54-31-19-12-20-32-54/h9-20,25-32,47-50,55-58,65-66H,23-24,33-46H2,1-6H3,(H,67,73)(H,68,74)/t47-,48+,49-,50+,55-,56-,57-,58-/m0/s1. The van der Waals surface area contributed by atoms with E-state index >= 15 is 0 Å². The lowest BCUT2D eigenvalue weighted by molar-refractivity contribution is -0.141. The van der Waals surface area contributed by atoms with Crippen LogP contribution < -0.4 is 21.3 Å². The topological polar surface area (TPSA) is 200 Å². The van der Waals surface area contributed by atoms with Gasteiger partial charge in [-0.3, -0.25) is 19.2 Å². The molecular weight excluding hydrogens is 1040 g/mol. The number of nitrogens with zero attached hydrogens (tertiary/aromatic N) is 4. The Morgan fingerprint density at radius 2 is 0.866 bits per heavy atom. The van der Waals surface area contributed by atoms with Gasteiger partial charge in [-0.1, -0.05) is 133 Å². The maximum atomic E-state index is 14.6. The van der Waals surface area contributed by atoms with E-state index in [4.69, 9.17) is 18.9 Å². The third kappa shape index (κ3) is 20.1. The second-order valence-corrected chi connectivity index (χ2v) is 20.7. The predicted octanol–water partition coefficient (Wildman–Crippen LogP) is 5.73. The van der Waals surface area contributed by atoms with Gasteiger partial charge < -0.3 is 59.8 Å². The van der Waals surface area contributed by atoms with E-state index in [0.717, 1.165) is 22.3 Å². The van der Waals surface area contributed by atoms with Gasteiger partial charge in [0.1, 0.15) is 38.5 Å². The molecule has 0 saturated carbocycles. The van der Waals surface area contributed by atoms with E-state index in [1.807, 2.05) is 121 Å². The first-order valence-electron chi connectivity index (χ1n) is 28.5. The molecule has 4 N–H and O–H groups in total. The first-order valence-corrected chi connectivity index (χ1v) is 28.5.